The Bertz CT molecular complexity index is 1060. The molecule has 0 aliphatic rings. The van der Waals surface area contributed by atoms with Gasteiger partial charge in [-0.05, 0) is 37.1 Å². The van der Waals surface area contributed by atoms with Gasteiger partial charge in [-0.2, -0.15) is 5.10 Å². The van der Waals surface area contributed by atoms with E-state index in [2.05, 4.69) is 27.6 Å². The number of hydrogen-bond donors (Lipinski definition) is 1. The molecule has 1 aromatic heterocycles. The Kier molecular flexibility index (Phi) is 10.9. The SMILES string of the molecule is CCCCCCOc1ccc(C=NNC(=O)CSc2nnc(-c3ccccc3)s2)cc1OCC. The van der Waals surface area contributed by atoms with Gasteiger partial charge in [0.25, 0.3) is 5.91 Å². The van der Waals surface area contributed by atoms with Gasteiger partial charge in [0, 0.05) is 5.56 Å². The average molecular weight is 499 g/mol. The molecule has 0 fully saturated rings. The molecule has 34 heavy (non-hydrogen) atoms. The highest BCUT2D eigenvalue weighted by atomic mass is 32.2. The van der Waals surface area contributed by atoms with Crippen LogP contribution in [0.4, 0.5) is 0 Å². The molecule has 1 N–H and O–H groups in total. The van der Waals surface area contributed by atoms with Crippen molar-refractivity contribution in [3.05, 3.63) is 54.1 Å². The third kappa shape index (κ3) is 8.46. The van der Waals surface area contributed by atoms with E-state index in [1.54, 1.807) is 6.21 Å². The van der Waals surface area contributed by atoms with Crippen molar-refractivity contribution in [1.29, 1.82) is 0 Å². The summed E-state index contributed by atoms with van der Waals surface area (Å²) in [5, 5.41) is 13.2. The van der Waals surface area contributed by atoms with Crippen molar-refractivity contribution in [2.75, 3.05) is 19.0 Å². The quantitative estimate of drug-likeness (QED) is 0.131. The molecule has 0 atom stereocenters. The highest BCUT2D eigenvalue weighted by Gasteiger charge is 2.09. The Morgan fingerprint density at radius 3 is 2.71 bits per heavy atom. The zero-order valence-corrected chi connectivity index (χ0v) is 21.2. The average Bonchev–Trinajstić information content (AvgIpc) is 3.34. The number of thioether (sulfide) groups is 1. The fourth-order valence-electron chi connectivity index (χ4n) is 3.01. The molecule has 0 spiro atoms. The normalized spacial score (nSPS) is 11.0. The lowest BCUT2D eigenvalue weighted by Gasteiger charge is -2.12. The molecule has 3 rings (SSSR count). The summed E-state index contributed by atoms with van der Waals surface area (Å²) in [7, 11) is 0. The zero-order chi connectivity index (χ0) is 24.0. The Morgan fingerprint density at radius 2 is 1.91 bits per heavy atom. The standard InChI is InChI=1S/C25H30N4O3S2/c1-3-5-6-10-15-32-21-14-13-19(16-22(21)31-4-2)17-26-27-23(30)18-33-25-29-28-24(34-25)20-11-8-7-9-12-20/h7-9,11-14,16-17H,3-6,10,15,18H2,1-2H3,(H,27,30). The number of hydrogen-bond acceptors (Lipinski definition) is 8. The maximum Gasteiger partial charge on any atom is 0.250 e. The Hall–Kier alpha value is -2.91. The lowest BCUT2D eigenvalue weighted by Crippen LogP contribution is -2.19. The summed E-state index contributed by atoms with van der Waals surface area (Å²) in [4.78, 5) is 12.2. The monoisotopic (exact) mass is 498 g/mol. The molecule has 7 nitrogen and oxygen atoms in total. The lowest BCUT2D eigenvalue weighted by molar-refractivity contribution is -0.118. The number of aromatic nitrogens is 2. The number of benzene rings is 2. The summed E-state index contributed by atoms with van der Waals surface area (Å²) < 4.78 is 12.3. The third-order valence-electron chi connectivity index (χ3n) is 4.68. The van der Waals surface area contributed by atoms with Gasteiger partial charge in [-0.25, -0.2) is 5.43 Å². The number of amides is 1. The highest BCUT2D eigenvalue weighted by molar-refractivity contribution is 8.01. The molecule has 0 radical (unpaired) electrons. The number of nitrogens with one attached hydrogen (secondary N) is 1. The third-order valence-corrected chi connectivity index (χ3v) is 6.79. The van der Waals surface area contributed by atoms with Crippen molar-refractivity contribution in [2.45, 2.75) is 43.9 Å². The first-order valence-corrected chi connectivity index (χ1v) is 13.2. The number of unbranched alkanes of at least 4 members (excludes halogenated alkanes) is 3. The van der Waals surface area contributed by atoms with Gasteiger partial charge in [-0.1, -0.05) is 79.6 Å². The van der Waals surface area contributed by atoms with Crippen LogP contribution in [0, 0.1) is 0 Å². The van der Waals surface area contributed by atoms with E-state index in [0.29, 0.717) is 19.0 Å². The van der Waals surface area contributed by atoms with Gasteiger partial charge in [-0.3, -0.25) is 4.79 Å². The summed E-state index contributed by atoms with van der Waals surface area (Å²) in [6.45, 7) is 5.33. The van der Waals surface area contributed by atoms with Crippen molar-refractivity contribution in [1.82, 2.24) is 15.6 Å². The predicted molar refractivity (Wildman–Crippen MR) is 139 cm³/mol. The molecule has 0 aliphatic heterocycles. The number of carbonyl (C=O) groups excluding carboxylic acids is 1. The van der Waals surface area contributed by atoms with Crippen LogP contribution < -0.4 is 14.9 Å². The Labute approximate surface area is 209 Å². The van der Waals surface area contributed by atoms with Crippen molar-refractivity contribution >= 4 is 35.2 Å². The summed E-state index contributed by atoms with van der Waals surface area (Å²) in [5.74, 6) is 1.39. The zero-order valence-electron chi connectivity index (χ0n) is 19.5. The molecule has 0 saturated heterocycles. The van der Waals surface area contributed by atoms with Crippen LogP contribution in [-0.4, -0.2) is 41.3 Å². The van der Waals surface area contributed by atoms with Gasteiger partial charge < -0.3 is 9.47 Å². The second kappa shape index (κ2) is 14.4. The molecular formula is C25H30N4O3S2. The fraction of sp³-hybridized carbons (Fsp3) is 0.360. The first kappa shape index (κ1) is 25.7. The number of carbonyl (C=O) groups is 1. The predicted octanol–water partition coefficient (Wildman–Crippen LogP) is 5.81. The van der Waals surface area contributed by atoms with E-state index in [1.165, 1.54) is 35.9 Å². The van der Waals surface area contributed by atoms with Gasteiger partial charge >= 0.3 is 0 Å². The number of rotatable bonds is 14. The molecule has 9 heteroatoms. The van der Waals surface area contributed by atoms with E-state index in [1.807, 2.05) is 55.5 Å². The molecule has 180 valence electrons. The summed E-state index contributed by atoms with van der Waals surface area (Å²) in [6, 6.07) is 15.5. The van der Waals surface area contributed by atoms with Crippen molar-refractivity contribution in [3.8, 4) is 22.1 Å². The van der Waals surface area contributed by atoms with E-state index in [9.17, 15) is 4.79 Å². The van der Waals surface area contributed by atoms with Crippen LogP contribution in [0.3, 0.4) is 0 Å². The maximum atomic E-state index is 12.2. The second-order valence-corrected chi connectivity index (χ2v) is 9.57. The minimum absolute atomic E-state index is 0.204. The van der Waals surface area contributed by atoms with Crippen LogP contribution in [0.2, 0.25) is 0 Å². The number of hydrazone groups is 1. The lowest BCUT2D eigenvalue weighted by atomic mass is 10.2. The number of ether oxygens (including phenoxy) is 2. The van der Waals surface area contributed by atoms with Crippen LogP contribution in [-0.2, 0) is 4.79 Å². The molecule has 0 unspecified atom stereocenters. The van der Waals surface area contributed by atoms with Crippen LogP contribution in [0.15, 0.2) is 58.0 Å². The van der Waals surface area contributed by atoms with Crippen LogP contribution in [0.1, 0.15) is 45.1 Å². The molecule has 0 bridgehead atoms. The first-order chi connectivity index (χ1) is 16.7. The second-order valence-electron chi connectivity index (χ2n) is 7.37. The molecular weight excluding hydrogens is 468 g/mol. The van der Waals surface area contributed by atoms with E-state index in [0.717, 1.165) is 39.1 Å². The van der Waals surface area contributed by atoms with E-state index < -0.39 is 0 Å². The van der Waals surface area contributed by atoms with E-state index in [4.69, 9.17) is 9.47 Å². The van der Waals surface area contributed by atoms with Crippen molar-refractivity contribution in [2.24, 2.45) is 5.10 Å². The molecule has 1 heterocycles. The Balaban J connectivity index is 1.47. The summed E-state index contributed by atoms with van der Waals surface area (Å²) in [6.07, 6.45) is 6.20. The van der Waals surface area contributed by atoms with E-state index in [-0.39, 0.29) is 11.7 Å². The summed E-state index contributed by atoms with van der Waals surface area (Å²) >= 11 is 2.80. The molecule has 0 aliphatic carbocycles. The van der Waals surface area contributed by atoms with Crippen molar-refractivity contribution < 1.29 is 14.3 Å². The largest absolute Gasteiger partial charge is 0.490 e. The van der Waals surface area contributed by atoms with Crippen LogP contribution in [0.25, 0.3) is 10.6 Å². The first-order valence-electron chi connectivity index (χ1n) is 11.4. The highest BCUT2D eigenvalue weighted by Crippen LogP contribution is 2.29. The van der Waals surface area contributed by atoms with Crippen LogP contribution >= 0.6 is 23.1 Å². The smallest absolute Gasteiger partial charge is 0.250 e. The van der Waals surface area contributed by atoms with Crippen molar-refractivity contribution in [3.63, 3.8) is 0 Å². The fourth-order valence-corrected chi connectivity index (χ4v) is 4.66. The number of nitrogens with zero attached hydrogens (tertiary/aromatic N) is 3. The van der Waals surface area contributed by atoms with Gasteiger partial charge in [0.1, 0.15) is 5.01 Å². The summed E-state index contributed by atoms with van der Waals surface area (Å²) in [5.41, 5.74) is 4.38. The topological polar surface area (TPSA) is 85.7 Å². The minimum Gasteiger partial charge on any atom is -0.490 e. The molecule has 1 amide bonds. The van der Waals surface area contributed by atoms with Gasteiger partial charge in [0.05, 0.1) is 25.2 Å². The molecule has 0 saturated carbocycles. The Morgan fingerprint density at radius 1 is 1.06 bits per heavy atom. The molecule has 2 aromatic carbocycles. The molecule has 3 aromatic rings. The van der Waals surface area contributed by atoms with E-state index >= 15 is 0 Å². The van der Waals surface area contributed by atoms with Gasteiger partial charge in [0.2, 0.25) is 0 Å². The van der Waals surface area contributed by atoms with Gasteiger partial charge in [-0.15, -0.1) is 10.2 Å². The minimum atomic E-state index is -0.213. The maximum absolute atomic E-state index is 12.2. The van der Waals surface area contributed by atoms with Gasteiger partial charge in [0.15, 0.2) is 15.8 Å². The van der Waals surface area contributed by atoms with Crippen LogP contribution in [0.5, 0.6) is 11.5 Å².